The average Bonchev–Trinajstić information content (AvgIpc) is 2.16. The summed E-state index contributed by atoms with van der Waals surface area (Å²) in [5, 5.41) is 31.3. The van der Waals surface area contributed by atoms with E-state index in [0.717, 1.165) is 0 Å². The molecule has 0 heterocycles. The molecular weight excluding hydrogens is 206 g/mol. The van der Waals surface area contributed by atoms with Gasteiger partial charge < -0.3 is 20.6 Å². The van der Waals surface area contributed by atoms with Crippen molar-refractivity contribution in [3.63, 3.8) is 0 Å². The Kier molecular flexibility index (Phi) is 3.78. The molecule has 0 saturated heterocycles. The van der Waals surface area contributed by atoms with Crippen LogP contribution in [0.2, 0.25) is 0 Å². The van der Waals surface area contributed by atoms with Gasteiger partial charge in [-0.2, -0.15) is 0 Å². The number of aliphatic hydroxyl groups is 1. The molecule has 0 fully saturated rings. The Bertz CT molecular complexity index is 361. The maximum atomic E-state index is 9.56. The molecule has 1 unspecified atom stereocenters. The quantitative estimate of drug-likeness (QED) is 0.624. The van der Waals surface area contributed by atoms with Crippen LogP contribution < -0.4 is 5.32 Å². The Labute approximate surface area is 95.6 Å². The van der Waals surface area contributed by atoms with Crippen LogP contribution in [-0.4, -0.2) is 27.0 Å². The summed E-state index contributed by atoms with van der Waals surface area (Å²) in [4.78, 5) is 0. The fourth-order valence-corrected chi connectivity index (χ4v) is 1.17. The minimum Gasteiger partial charge on any atom is -0.508 e. The van der Waals surface area contributed by atoms with Crippen LogP contribution in [0.1, 0.15) is 26.3 Å². The van der Waals surface area contributed by atoms with Crippen molar-refractivity contribution in [3.8, 4) is 11.5 Å². The topological polar surface area (TPSA) is 72.7 Å². The molecule has 16 heavy (non-hydrogen) atoms. The molecule has 0 saturated carbocycles. The number of rotatable bonds is 4. The lowest BCUT2D eigenvalue weighted by Crippen LogP contribution is -2.47. The minimum absolute atomic E-state index is 0.0380. The smallest absolute Gasteiger partial charge is 0.123 e. The number of hydrogen-bond donors (Lipinski definition) is 4. The maximum Gasteiger partial charge on any atom is 0.123 e. The molecule has 1 aromatic rings. The Morgan fingerprint density at radius 3 is 2.44 bits per heavy atom. The first-order chi connectivity index (χ1) is 7.33. The van der Waals surface area contributed by atoms with Gasteiger partial charge in [-0.3, -0.25) is 0 Å². The maximum absolute atomic E-state index is 9.56. The number of aromatic hydroxyl groups is 2. The van der Waals surface area contributed by atoms with Gasteiger partial charge in [0.2, 0.25) is 0 Å². The zero-order valence-corrected chi connectivity index (χ0v) is 9.86. The third kappa shape index (κ3) is 3.12. The fraction of sp³-hybridized carbons (Fsp3) is 0.500. The molecule has 0 amide bonds. The van der Waals surface area contributed by atoms with Crippen LogP contribution in [0.15, 0.2) is 18.2 Å². The molecular formula is C12H19NO3. The van der Waals surface area contributed by atoms with E-state index in [9.17, 15) is 10.2 Å². The first kappa shape index (κ1) is 12.8. The van der Waals surface area contributed by atoms with Crippen molar-refractivity contribution in [3.05, 3.63) is 23.8 Å². The highest BCUT2D eigenvalue weighted by Gasteiger charge is 2.23. The first-order valence-corrected chi connectivity index (χ1v) is 5.27. The van der Waals surface area contributed by atoms with Crippen molar-refractivity contribution in [2.75, 3.05) is 0 Å². The van der Waals surface area contributed by atoms with Crippen LogP contribution in [0, 0.1) is 0 Å². The summed E-state index contributed by atoms with van der Waals surface area (Å²) in [5.41, 5.74) is 0.260. The highest BCUT2D eigenvalue weighted by molar-refractivity contribution is 5.38. The molecule has 1 atom stereocenters. The van der Waals surface area contributed by atoms with Gasteiger partial charge in [-0.15, -0.1) is 0 Å². The van der Waals surface area contributed by atoms with Gasteiger partial charge in [0.15, 0.2) is 0 Å². The monoisotopic (exact) mass is 225 g/mol. The van der Waals surface area contributed by atoms with Crippen molar-refractivity contribution in [1.82, 2.24) is 5.32 Å². The number of phenols is 2. The van der Waals surface area contributed by atoms with E-state index >= 15 is 0 Å². The number of hydrogen-bond acceptors (Lipinski definition) is 4. The lowest BCUT2D eigenvalue weighted by atomic mass is 9.98. The van der Waals surface area contributed by atoms with E-state index in [-0.39, 0.29) is 11.5 Å². The zero-order valence-electron chi connectivity index (χ0n) is 9.86. The first-order valence-electron chi connectivity index (χ1n) is 5.27. The van der Waals surface area contributed by atoms with Crippen LogP contribution in [0.3, 0.4) is 0 Å². The van der Waals surface area contributed by atoms with Crippen LogP contribution in [0.25, 0.3) is 0 Å². The van der Waals surface area contributed by atoms with E-state index in [1.807, 2.05) is 13.8 Å². The van der Waals surface area contributed by atoms with Gasteiger partial charge in [0.1, 0.15) is 11.5 Å². The Hall–Kier alpha value is -1.26. The van der Waals surface area contributed by atoms with Crippen LogP contribution >= 0.6 is 0 Å². The third-order valence-electron chi connectivity index (χ3n) is 2.85. The lowest BCUT2D eigenvalue weighted by Gasteiger charge is -2.29. The average molecular weight is 225 g/mol. The zero-order chi connectivity index (χ0) is 12.3. The largest absolute Gasteiger partial charge is 0.508 e. The van der Waals surface area contributed by atoms with Gasteiger partial charge in [0.05, 0.1) is 6.10 Å². The molecule has 4 N–H and O–H groups in total. The highest BCUT2D eigenvalue weighted by atomic mass is 16.3. The third-order valence-corrected chi connectivity index (χ3v) is 2.85. The number of aliphatic hydroxyl groups excluding tert-OH is 1. The predicted molar refractivity (Wildman–Crippen MR) is 62.4 cm³/mol. The second kappa shape index (κ2) is 4.72. The summed E-state index contributed by atoms with van der Waals surface area (Å²) >= 11 is 0. The molecule has 0 aromatic heterocycles. The molecule has 4 nitrogen and oxygen atoms in total. The van der Waals surface area contributed by atoms with Crippen LogP contribution in [-0.2, 0) is 6.54 Å². The van der Waals surface area contributed by atoms with Gasteiger partial charge >= 0.3 is 0 Å². The molecule has 0 spiro atoms. The van der Waals surface area contributed by atoms with Gasteiger partial charge in [-0.25, -0.2) is 0 Å². The van der Waals surface area contributed by atoms with Crippen molar-refractivity contribution in [2.45, 2.75) is 39.0 Å². The molecule has 0 bridgehead atoms. The standard InChI is InChI=1S/C12H19NO3/c1-8(14)12(2,3)13-7-9-4-5-10(15)6-11(9)16/h4-6,8,13-16H,7H2,1-3H3. The lowest BCUT2D eigenvalue weighted by molar-refractivity contribution is 0.0955. The van der Waals surface area contributed by atoms with Gasteiger partial charge in [-0.05, 0) is 26.8 Å². The van der Waals surface area contributed by atoms with Gasteiger partial charge in [-0.1, -0.05) is 6.07 Å². The molecule has 90 valence electrons. The van der Waals surface area contributed by atoms with Crippen molar-refractivity contribution < 1.29 is 15.3 Å². The summed E-state index contributed by atoms with van der Waals surface area (Å²) < 4.78 is 0. The molecule has 1 rings (SSSR count). The van der Waals surface area contributed by atoms with Crippen molar-refractivity contribution in [2.24, 2.45) is 0 Å². The minimum atomic E-state index is -0.494. The Balaban J connectivity index is 2.68. The number of nitrogens with one attached hydrogen (secondary N) is 1. The number of benzene rings is 1. The second-order valence-electron chi connectivity index (χ2n) is 4.56. The van der Waals surface area contributed by atoms with E-state index in [2.05, 4.69) is 5.32 Å². The van der Waals surface area contributed by atoms with Crippen LogP contribution in [0.4, 0.5) is 0 Å². The van der Waals surface area contributed by atoms with Crippen LogP contribution in [0.5, 0.6) is 11.5 Å². The van der Waals surface area contributed by atoms with Gasteiger partial charge in [0, 0.05) is 23.7 Å². The van der Waals surface area contributed by atoms with Crippen molar-refractivity contribution in [1.29, 1.82) is 0 Å². The highest BCUT2D eigenvalue weighted by Crippen LogP contribution is 2.23. The summed E-state index contributed by atoms with van der Waals surface area (Å²) in [6, 6.07) is 4.47. The summed E-state index contributed by atoms with van der Waals surface area (Å²) in [6.45, 7) is 5.91. The second-order valence-corrected chi connectivity index (χ2v) is 4.56. The molecule has 0 aliphatic heterocycles. The molecule has 4 heteroatoms. The molecule has 0 aliphatic carbocycles. The summed E-state index contributed by atoms with van der Waals surface area (Å²) in [7, 11) is 0. The van der Waals surface area contributed by atoms with E-state index in [1.165, 1.54) is 12.1 Å². The normalized spacial score (nSPS) is 13.8. The SMILES string of the molecule is CC(O)C(C)(C)NCc1ccc(O)cc1O. The number of phenolic OH excluding ortho intramolecular Hbond substituents is 2. The fourth-order valence-electron chi connectivity index (χ4n) is 1.17. The van der Waals surface area contributed by atoms with Gasteiger partial charge in [0.25, 0.3) is 0 Å². The summed E-state index contributed by atoms with van der Waals surface area (Å²) in [5.74, 6) is 0.0879. The molecule has 0 aliphatic rings. The molecule has 1 aromatic carbocycles. The Morgan fingerprint density at radius 2 is 1.94 bits per heavy atom. The van der Waals surface area contributed by atoms with E-state index < -0.39 is 11.6 Å². The summed E-state index contributed by atoms with van der Waals surface area (Å²) in [6.07, 6.45) is -0.494. The van der Waals surface area contributed by atoms with E-state index in [1.54, 1.807) is 13.0 Å². The van der Waals surface area contributed by atoms with E-state index in [0.29, 0.717) is 12.1 Å². The predicted octanol–water partition coefficient (Wildman–Crippen LogP) is 1.35. The van der Waals surface area contributed by atoms with E-state index in [4.69, 9.17) is 5.11 Å². The Morgan fingerprint density at radius 1 is 1.31 bits per heavy atom. The molecule has 0 radical (unpaired) electrons. The van der Waals surface area contributed by atoms with Crippen molar-refractivity contribution >= 4 is 0 Å².